The van der Waals surface area contributed by atoms with Crippen LogP contribution in [0.5, 0.6) is 0 Å². The molecule has 84 valence electrons. The number of nitrogens with zero attached hydrogens (tertiary/aromatic N) is 1. The zero-order chi connectivity index (χ0) is 11.5. The Hall–Kier alpha value is -1.88. The molecule has 0 spiro atoms. The lowest BCUT2D eigenvalue weighted by atomic mass is 10.1. The van der Waals surface area contributed by atoms with Crippen LogP contribution in [0.25, 0.3) is 11.0 Å². The van der Waals surface area contributed by atoms with E-state index >= 15 is 0 Å². The Morgan fingerprint density at radius 2 is 2.25 bits per heavy atom. The Bertz CT molecular complexity index is 474. The van der Waals surface area contributed by atoms with Crippen LogP contribution in [-0.4, -0.2) is 27.6 Å². The maximum atomic E-state index is 11.1. The highest BCUT2D eigenvalue weighted by Crippen LogP contribution is 2.20. The summed E-state index contributed by atoms with van der Waals surface area (Å²) in [4.78, 5) is 18.3. The third-order valence-electron chi connectivity index (χ3n) is 2.49. The van der Waals surface area contributed by atoms with Crippen molar-refractivity contribution in [3.63, 3.8) is 0 Å². The molecule has 1 aromatic carbocycles. The summed E-state index contributed by atoms with van der Waals surface area (Å²) in [6, 6.07) is 7.46. The molecule has 0 saturated carbocycles. The topological polar surface area (TPSA) is 92.0 Å². The highest BCUT2D eigenvalue weighted by molar-refractivity contribution is 5.79. The Morgan fingerprint density at radius 3 is 2.88 bits per heavy atom. The van der Waals surface area contributed by atoms with E-state index in [2.05, 4.69) is 9.97 Å². The summed E-state index contributed by atoms with van der Waals surface area (Å²) in [7, 11) is 0. The zero-order valence-electron chi connectivity index (χ0n) is 8.68. The molecule has 1 heterocycles. The van der Waals surface area contributed by atoms with Gasteiger partial charge in [-0.2, -0.15) is 0 Å². The summed E-state index contributed by atoms with van der Waals surface area (Å²) in [5, 5.41) is 9.07. The third kappa shape index (κ3) is 1.90. The van der Waals surface area contributed by atoms with Gasteiger partial charge in [-0.1, -0.05) is 12.1 Å². The van der Waals surface area contributed by atoms with E-state index < -0.39 is 11.9 Å². The first-order chi connectivity index (χ1) is 7.72. The van der Waals surface area contributed by atoms with Crippen LogP contribution >= 0.6 is 0 Å². The lowest BCUT2D eigenvalue weighted by Crippen LogP contribution is -2.17. The molecule has 1 atom stereocenters. The van der Waals surface area contributed by atoms with E-state index in [4.69, 9.17) is 10.8 Å². The average molecular weight is 219 g/mol. The number of nitrogens with two attached hydrogens (primary N) is 1. The second-order valence-electron chi connectivity index (χ2n) is 3.61. The highest BCUT2D eigenvalue weighted by atomic mass is 16.4. The second-order valence-corrected chi connectivity index (χ2v) is 3.61. The first-order valence-electron chi connectivity index (χ1n) is 5.10. The number of hydrogen-bond acceptors (Lipinski definition) is 3. The minimum atomic E-state index is -0.899. The minimum absolute atomic E-state index is 0.327. The molecule has 5 nitrogen and oxygen atoms in total. The number of fused-ring (bicyclic) bond motifs is 1. The Kier molecular flexibility index (Phi) is 2.87. The fourth-order valence-corrected chi connectivity index (χ4v) is 1.68. The van der Waals surface area contributed by atoms with Gasteiger partial charge in [0.1, 0.15) is 11.7 Å². The van der Waals surface area contributed by atoms with Crippen LogP contribution in [0, 0.1) is 0 Å². The lowest BCUT2D eigenvalue weighted by Gasteiger charge is -2.06. The van der Waals surface area contributed by atoms with E-state index in [9.17, 15) is 4.79 Å². The zero-order valence-corrected chi connectivity index (χ0v) is 8.68. The van der Waals surface area contributed by atoms with Crippen LogP contribution in [0.4, 0.5) is 0 Å². The van der Waals surface area contributed by atoms with Gasteiger partial charge in [0.25, 0.3) is 0 Å². The largest absolute Gasteiger partial charge is 0.481 e. The van der Waals surface area contributed by atoms with Gasteiger partial charge in [-0.15, -0.1) is 0 Å². The standard InChI is InChI=1S/C11H13N3O2/c12-6-5-7(11(15)16)10-13-8-3-1-2-4-9(8)14-10/h1-4,7H,5-6,12H2,(H,13,14)(H,15,16). The predicted molar refractivity (Wildman–Crippen MR) is 60.1 cm³/mol. The van der Waals surface area contributed by atoms with Crippen molar-refractivity contribution in [2.24, 2.45) is 5.73 Å². The van der Waals surface area contributed by atoms with Gasteiger partial charge in [-0.3, -0.25) is 4.79 Å². The number of carboxylic acid groups (broad SMARTS) is 1. The Balaban J connectivity index is 2.40. The molecule has 0 aliphatic heterocycles. The number of benzene rings is 1. The number of nitrogens with one attached hydrogen (secondary N) is 1. The van der Waals surface area contributed by atoms with E-state index in [1.165, 1.54) is 0 Å². The first kappa shape index (κ1) is 10.6. The Labute approximate surface area is 92.3 Å². The van der Waals surface area contributed by atoms with E-state index in [1.54, 1.807) is 0 Å². The SMILES string of the molecule is NCCC(C(=O)O)c1nc2ccccc2[nH]1. The fraction of sp³-hybridized carbons (Fsp3) is 0.273. The van der Waals surface area contributed by atoms with Crippen LogP contribution in [0.1, 0.15) is 18.2 Å². The van der Waals surface area contributed by atoms with Crippen LogP contribution in [-0.2, 0) is 4.79 Å². The Morgan fingerprint density at radius 1 is 1.50 bits per heavy atom. The minimum Gasteiger partial charge on any atom is -0.481 e. The molecule has 16 heavy (non-hydrogen) atoms. The number of rotatable bonds is 4. The molecule has 5 heteroatoms. The van der Waals surface area contributed by atoms with Crippen LogP contribution in [0.3, 0.4) is 0 Å². The summed E-state index contributed by atoms with van der Waals surface area (Å²) < 4.78 is 0. The van der Waals surface area contributed by atoms with E-state index in [1.807, 2.05) is 24.3 Å². The van der Waals surface area contributed by atoms with Gasteiger partial charge in [0.2, 0.25) is 0 Å². The fourth-order valence-electron chi connectivity index (χ4n) is 1.68. The van der Waals surface area contributed by atoms with Crippen LogP contribution in [0.2, 0.25) is 0 Å². The van der Waals surface area contributed by atoms with Gasteiger partial charge in [0, 0.05) is 0 Å². The molecule has 0 aliphatic rings. The normalized spacial score (nSPS) is 12.8. The smallest absolute Gasteiger partial charge is 0.314 e. The molecule has 2 rings (SSSR count). The molecule has 1 unspecified atom stereocenters. The van der Waals surface area contributed by atoms with Crippen LogP contribution in [0.15, 0.2) is 24.3 Å². The van der Waals surface area contributed by atoms with Crippen molar-refractivity contribution < 1.29 is 9.90 Å². The van der Waals surface area contributed by atoms with Crippen molar-refractivity contribution in [3.8, 4) is 0 Å². The van der Waals surface area contributed by atoms with Gasteiger partial charge in [0.05, 0.1) is 11.0 Å². The van der Waals surface area contributed by atoms with Crippen molar-refractivity contribution in [2.75, 3.05) is 6.54 Å². The number of aromatic nitrogens is 2. The van der Waals surface area contributed by atoms with Crippen molar-refractivity contribution in [2.45, 2.75) is 12.3 Å². The van der Waals surface area contributed by atoms with Crippen LogP contribution < -0.4 is 5.73 Å². The molecular weight excluding hydrogens is 206 g/mol. The number of H-pyrrole nitrogens is 1. The van der Waals surface area contributed by atoms with E-state index in [0.717, 1.165) is 11.0 Å². The third-order valence-corrected chi connectivity index (χ3v) is 2.49. The summed E-state index contributed by atoms with van der Waals surface area (Å²) in [6.45, 7) is 0.327. The molecule has 0 aliphatic carbocycles. The van der Waals surface area contributed by atoms with Gasteiger partial charge in [-0.25, -0.2) is 4.98 Å². The lowest BCUT2D eigenvalue weighted by molar-refractivity contribution is -0.139. The second kappa shape index (κ2) is 4.32. The van der Waals surface area contributed by atoms with Crippen molar-refractivity contribution >= 4 is 17.0 Å². The predicted octanol–water partition coefficient (Wildman–Crippen LogP) is 1.08. The average Bonchev–Trinajstić information content (AvgIpc) is 2.68. The molecule has 0 saturated heterocycles. The molecule has 2 aromatic rings. The number of aromatic amines is 1. The number of imidazole rings is 1. The number of carboxylic acids is 1. The van der Waals surface area contributed by atoms with E-state index in [-0.39, 0.29) is 0 Å². The molecule has 1 aromatic heterocycles. The summed E-state index contributed by atoms with van der Waals surface area (Å²) >= 11 is 0. The molecule has 0 fully saturated rings. The maximum absolute atomic E-state index is 11.1. The van der Waals surface area contributed by atoms with Gasteiger partial charge < -0.3 is 15.8 Å². The van der Waals surface area contributed by atoms with Crippen molar-refractivity contribution in [1.29, 1.82) is 0 Å². The highest BCUT2D eigenvalue weighted by Gasteiger charge is 2.22. The van der Waals surface area contributed by atoms with Crippen molar-refractivity contribution in [1.82, 2.24) is 9.97 Å². The summed E-state index contributed by atoms with van der Waals surface area (Å²) in [5.41, 5.74) is 7.02. The van der Waals surface area contributed by atoms with Crippen molar-refractivity contribution in [3.05, 3.63) is 30.1 Å². The monoisotopic (exact) mass is 219 g/mol. The molecule has 0 bridgehead atoms. The maximum Gasteiger partial charge on any atom is 0.314 e. The molecule has 0 radical (unpaired) electrons. The van der Waals surface area contributed by atoms with E-state index in [0.29, 0.717) is 18.8 Å². The number of carbonyl (C=O) groups is 1. The number of aliphatic carboxylic acids is 1. The molecule has 0 amide bonds. The van der Waals surface area contributed by atoms with Gasteiger partial charge in [-0.05, 0) is 25.1 Å². The quantitative estimate of drug-likeness (QED) is 0.717. The van der Waals surface area contributed by atoms with Gasteiger partial charge >= 0.3 is 5.97 Å². The number of hydrogen-bond donors (Lipinski definition) is 3. The summed E-state index contributed by atoms with van der Waals surface area (Å²) in [6.07, 6.45) is 0.384. The molecule has 4 N–H and O–H groups in total. The summed E-state index contributed by atoms with van der Waals surface area (Å²) in [5.74, 6) is -1.08. The van der Waals surface area contributed by atoms with Gasteiger partial charge in [0.15, 0.2) is 0 Å². The molecular formula is C11H13N3O2. The number of para-hydroxylation sites is 2. The first-order valence-corrected chi connectivity index (χ1v) is 5.10.